The van der Waals surface area contributed by atoms with E-state index in [0.29, 0.717) is 5.92 Å². The van der Waals surface area contributed by atoms with Gasteiger partial charge in [-0.1, -0.05) is 45.4 Å². The molecule has 0 aliphatic heterocycles. The Labute approximate surface area is 124 Å². The van der Waals surface area contributed by atoms with E-state index in [0.717, 1.165) is 38.8 Å². The lowest BCUT2D eigenvalue weighted by Crippen LogP contribution is -2.29. The molecule has 118 valence electrons. The fourth-order valence-corrected chi connectivity index (χ4v) is 3.13. The summed E-state index contributed by atoms with van der Waals surface area (Å²) < 4.78 is 0. The SMILES string of the molecule is CCCCCCCCCNCC1CCC(C(=O)O)CC1. The van der Waals surface area contributed by atoms with Crippen molar-refractivity contribution in [2.24, 2.45) is 11.8 Å². The van der Waals surface area contributed by atoms with Crippen LogP contribution in [0.1, 0.15) is 77.6 Å². The molecule has 1 aliphatic rings. The quantitative estimate of drug-likeness (QED) is 0.558. The third kappa shape index (κ3) is 7.88. The van der Waals surface area contributed by atoms with Crippen molar-refractivity contribution in [2.75, 3.05) is 13.1 Å². The van der Waals surface area contributed by atoms with E-state index in [-0.39, 0.29) is 5.92 Å². The predicted octanol–water partition coefficient (Wildman–Crippen LogP) is 4.22. The standard InChI is InChI=1S/C17H33NO2/c1-2-3-4-5-6-7-8-13-18-14-15-9-11-16(12-10-15)17(19)20/h15-16,18H,2-14H2,1H3,(H,19,20). The van der Waals surface area contributed by atoms with Crippen molar-refractivity contribution in [3.05, 3.63) is 0 Å². The Morgan fingerprint density at radius 3 is 2.20 bits per heavy atom. The highest BCUT2D eigenvalue weighted by molar-refractivity contribution is 5.69. The van der Waals surface area contributed by atoms with Crippen LogP contribution < -0.4 is 5.32 Å². The summed E-state index contributed by atoms with van der Waals surface area (Å²) in [5.41, 5.74) is 0. The number of hydrogen-bond acceptors (Lipinski definition) is 2. The maximum Gasteiger partial charge on any atom is 0.306 e. The molecule has 2 N–H and O–H groups in total. The van der Waals surface area contributed by atoms with Gasteiger partial charge in [0.1, 0.15) is 0 Å². The summed E-state index contributed by atoms with van der Waals surface area (Å²) in [4.78, 5) is 10.9. The molecular formula is C17H33NO2. The van der Waals surface area contributed by atoms with Gasteiger partial charge in [-0.25, -0.2) is 0 Å². The van der Waals surface area contributed by atoms with E-state index in [1.54, 1.807) is 0 Å². The first-order valence-electron chi connectivity index (χ1n) is 8.67. The van der Waals surface area contributed by atoms with Gasteiger partial charge in [-0.2, -0.15) is 0 Å². The van der Waals surface area contributed by atoms with Crippen LogP contribution in [0.3, 0.4) is 0 Å². The van der Waals surface area contributed by atoms with E-state index in [4.69, 9.17) is 5.11 Å². The Morgan fingerprint density at radius 1 is 1.00 bits per heavy atom. The Kier molecular flexibility index (Phi) is 9.73. The van der Waals surface area contributed by atoms with E-state index >= 15 is 0 Å². The van der Waals surface area contributed by atoms with Crippen LogP contribution in [0, 0.1) is 11.8 Å². The molecule has 0 aromatic heterocycles. The second kappa shape index (κ2) is 11.1. The molecule has 0 amide bonds. The Bertz CT molecular complexity index is 247. The molecule has 3 heteroatoms. The Morgan fingerprint density at radius 2 is 1.60 bits per heavy atom. The minimum Gasteiger partial charge on any atom is -0.481 e. The highest BCUT2D eigenvalue weighted by atomic mass is 16.4. The molecule has 0 unspecified atom stereocenters. The summed E-state index contributed by atoms with van der Waals surface area (Å²) >= 11 is 0. The van der Waals surface area contributed by atoms with Crippen molar-refractivity contribution >= 4 is 5.97 Å². The minimum atomic E-state index is -0.598. The molecule has 0 radical (unpaired) electrons. The maximum atomic E-state index is 10.9. The van der Waals surface area contributed by atoms with E-state index in [1.807, 2.05) is 0 Å². The van der Waals surface area contributed by atoms with Crippen LogP contribution in [0.25, 0.3) is 0 Å². The van der Waals surface area contributed by atoms with Crippen molar-refractivity contribution in [2.45, 2.75) is 77.6 Å². The van der Waals surface area contributed by atoms with Crippen molar-refractivity contribution in [3.8, 4) is 0 Å². The van der Waals surface area contributed by atoms with Gasteiger partial charge in [0.15, 0.2) is 0 Å². The number of carboxylic acids is 1. The van der Waals surface area contributed by atoms with Crippen LogP contribution in [0.15, 0.2) is 0 Å². The fourth-order valence-electron chi connectivity index (χ4n) is 3.13. The average molecular weight is 283 g/mol. The molecule has 0 spiro atoms. The van der Waals surface area contributed by atoms with Gasteiger partial charge in [0.2, 0.25) is 0 Å². The molecule has 1 fully saturated rings. The van der Waals surface area contributed by atoms with Crippen molar-refractivity contribution < 1.29 is 9.90 Å². The van der Waals surface area contributed by atoms with Gasteiger partial charge in [-0.15, -0.1) is 0 Å². The van der Waals surface area contributed by atoms with Gasteiger partial charge in [-0.3, -0.25) is 4.79 Å². The number of hydrogen-bond donors (Lipinski definition) is 2. The van der Waals surface area contributed by atoms with Crippen LogP contribution in [0.4, 0.5) is 0 Å². The second-order valence-electron chi connectivity index (χ2n) is 6.38. The first-order chi connectivity index (χ1) is 9.74. The topological polar surface area (TPSA) is 49.3 Å². The summed E-state index contributed by atoms with van der Waals surface area (Å²) in [6, 6.07) is 0. The fraction of sp³-hybridized carbons (Fsp3) is 0.941. The molecule has 0 aromatic carbocycles. The second-order valence-corrected chi connectivity index (χ2v) is 6.38. The minimum absolute atomic E-state index is 0.0747. The molecule has 0 saturated heterocycles. The normalized spacial score (nSPS) is 22.9. The van der Waals surface area contributed by atoms with Crippen molar-refractivity contribution in [3.63, 3.8) is 0 Å². The number of nitrogens with one attached hydrogen (secondary N) is 1. The summed E-state index contributed by atoms with van der Waals surface area (Å²) in [5.74, 6) is 0.0315. The zero-order chi connectivity index (χ0) is 14.6. The molecule has 1 saturated carbocycles. The number of rotatable bonds is 11. The van der Waals surface area contributed by atoms with Gasteiger partial charge >= 0.3 is 5.97 Å². The third-order valence-corrected chi connectivity index (χ3v) is 4.59. The van der Waals surface area contributed by atoms with Gasteiger partial charge in [-0.05, 0) is 51.1 Å². The number of carboxylic acid groups (broad SMARTS) is 1. The third-order valence-electron chi connectivity index (χ3n) is 4.59. The summed E-state index contributed by atoms with van der Waals surface area (Å²) in [7, 11) is 0. The molecule has 3 nitrogen and oxygen atoms in total. The monoisotopic (exact) mass is 283 g/mol. The van der Waals surface area contributed by atoms with Crippen LogP contribution in [0.2, 0.25) is 0 Å². The zero-order valence-electron chi connectivity index (χ0n) is 13.2. The molecule has 20 heavy (non-hydrogen) atoms. The van der Waals surface area contributed by atoms with Crippen LogP contribution in [0.5, 0.6) is 0 Å². The van der Waals surface area contributed by atoms with Gasteiger partial charge in [0, 0.05) is 0 Å². The average Bonchev–Trinajstić information content (AvgIpc) is 2.46. The molecule has 1 aliphatic carbocycles. The van der Waals surface area contributed by atoms with E-state index in [2.05, 4.69) is 12.2 Å². The predicted molar refractivity (Wildman–Crippen MR) is 83.9 cm³/mol. The lowest BCUT2D eigenvalue weighted by atomic mass is 9.82. The lowest BCUT2D eigenvalue weighted by molar-refractivity contribution is -0.143. The first-order valence-corrected chi connectivity index (χ1v) is 8.67. The van der Waals surface area contributed by atoms with E-state index in [1.165, 1.54) is 44.9 Å². The lowest BCUT2D eigenvalue weighted by Gasteiger charge is -2.26. The van der Waals surface area contributed by atoms with Crippen molar-refractivity contribution in [1.29, 1.82) is 0 Å². The zero-order valence-corrected chi connectivity index (χ0v) is 13.2. The molecular weight excluding hydrogens is 250 g/mol. The summed E-state index contributed by atoms with van der Waals surface area (Å²) in [6.45, 7) is 4.47. The highest BCUT2D eigenvalue weighted by Gasteiger charge is 2.25. The van der Waals surface area contributed by atoms with Crippen molar-refractivity contribution in [1.82, 2.24) is 5.32 Å². The largest absolute Gasteiger partial charge is 0.481 e. The number of unbranched alkanes of at least 4 members (excludes halogenated alkanes) is 6. The molecule has 0 aromatic rings. The summed E-state index contributed by atoms with van der Waals surface area (Å²) in [6.07, 6.45) is 13.4. The van der Waals surface area contributed by atoms with E-state index in [9.17, 15) is 4.79 Å². The van der Waals surface area contributed by atoms with Gasteiger partial charge in [0.25, 0.3) is 0 Å². The molecule has 0 atom stereocenters. The highest BCUT2D eigenvalue weighted by Crippen LogP contribution is 2.28. The number of carbonyl (C=O) groups is 1. The Hall–Kier alpha value is -0.570. The Balaban J connectivity index is 1.86. The molecule has 1 rings (SSSR count). The van der Waals surface area contributed by atoms with Crippen LogP contribution >= 0.6 is 0 Å². The van der Waals surface area contributed by atoms with Crippen LogP contribution in [-0.2, 0) is 4.79 Å². The maximum absolute atomic E-state index is 10.9. The number of aliphatic carboxylic acids is 1. The van der Waals surface area contributed by atoms with Crippen LogP contribution in [-0.4, -0.2) is 24.2 Å². The van der Waals surface area contributed by atoms with Gasteiger partial charge in [0.05, 0.1) is 5.92 Å². The first kappa shape index (κ1) is 17.5. The van der Waals surface area contributed by atoms with E-state index < -0.39 is 5.97 Å². The smallest absolute Gasteiger partial charge is 0.306 e. The molecule has 0 bridgehead atoms. The summed E-state index contributed by atoms with van der Waals surface area (Å²) in [5, 5.41) is 12.5. The van der Waals surface area contributed by atoms with Gasteiger partial charge < -0.3 is 10.4 Å². The molecule has 0 heterocycles.